The van der Waals surface area contributed by atoms with Gasteiger partial charge >= 0.3 is 12.1 Å². The fourth-order valence-corrected chi connectivity index (χ4v) is 5.46. The monoisotopic (exact) mass is 557 g/mol. The predicted molar refractivity (Wildman–Crippen MR) is 155 cm³/mol. The van der Waals surface area contributed by atoms with E-state index in [1.165, 1.54) is 11.1 Å². The molecule has 1 atom stereocenters. The van der Waals surface area contributed by atoms with Crippen molar-refractivity contribution in [2.75, 3.05) is 44.3 Å². The van der Waals surface area contributed by atoms with Crippen molar-refractivity contribution in [3.8, 4) is 11.1 Å². The Hall–Kier alpha value is -4.21. The molecule has 1 aliphatic carbocycles. The smallest absolute Gasteiger partial charge is 0.408 e. The number of piperazine rings is 1. The number of hydrogen-bond donors (Lipinski definition) is 2. The first-order valence-corrected chi connectivity index (χ1v) is 14.0. The van der Waals surface area contributed by atoms with Crippen molar-refractivity contribution in [1.82, 2.24) is 10.2 Å². The highest BCUT2D eigenvalue weighted by Gasteiger charge is 2.26. The van der Waals surface area contributed by atoms with Crippen LogP contribution < -0.4 is 10.2 Å². The van der Waals surface area contributed by atoms with Crippen LogP contribution >= 0.6 is 0 Å². The number of rotatable bonds is 11. The molecule has 9 heteroatoms. The number of benzene rings is 3. The molecule has 1 heterocycles. The van der Waals surface area contributed by atoms with Gasteiger partial charge in [0.05, 0.1) is 13.2 Å². The third kappa shape index (κ3) is 6.75. The molecular formula is C32H35N3O6. The lowest BCUT2D eigenvalue weighted by molar-refractivity contribution is -0.139. The van der Waals surface area contributed by atoms with Crippen LogP contribution in [-0.2, 0) is 38.5 Å². The predicted octanol–water partition coefficient (Wildman–Crippen LogP) is 3.87. The fraction of sp³-hybridized carbons (Fsp3) is 0.344. The summed E-state index contributed by atoms with van der Waals surface area (Å²) >= 11 is 0. The zero-order valence-corrected chi connectivity index (χ0v) is 23.2. The molecule has 0 spiro atoms. The molecule has 0 unspecified atom stereocenters. The summed E-state index contributed by atoms with van der Waals surface area (Å²) in [6.45, 7) is 5.65. The van der Waals surface area contributed by atoms with Crippen LogP contribution in [0, 0.1) is 0 Å². The number of nitrogens with one attached hydrogen (secondary N) is 1. The van der Waals surface area contributed by atoms with Crippen molar-refractivity contribution in [3.63, 3.8) is 0 Å². The zero-order valence-electron chi connectivity index (χ0n) is 23.2. The van der Waals surface area contributed by atoms with E-state index in [1.54, 1.807) is 17.0 Å². The lowest BCUT2D eigenvalue weighted by Crippen LogP contribution is -2.51. The molecule has 1 fully saturated rings. The van der Waals surface area contributed by atoms with Crippen molar-refractivity contribution in [1.29, 1.82) is 0 Å². The molecule has 0 radical (unpaired) electrons. The molecule has 0 bridgehead atoms. The summed E-state index contributed by atoms with van der Waals surface area (Å²) in [4.78, 5) is 41.0. The lowest BCUT2D eigenvalue weighted by atomic mass is 10.0. The molecular weight excluding hydrogens is 522 g/mol. The van der Waals surface area contributed by atoms with Crippen LogP contribution in [-0.4, -0.2) is 73.4 Å². The van der Waals surface area contributed by atoms with Crippen molar-refractivity contribution >= 4 is 23.7 Å². The SMILES string of the molecule is CCOCCN1CCN(c2ccc(C[C@H](NC(=O)OCc3cccc4c3Cc3ccccc3-4)C(=O)O)cc2)C(=O)C1. The van der Waals surface area contributed by atoms with Gasteiger partial charge in [-0.25, -0.2) is 9.59 Å². The minimum atomic E-state index is -1.16. The van der Waals surface area contributed by atoms with Crippen LogP contribution in [0.3, 0.4) is 0 Å². The third-order valence-corrected chi connectivity index (χ3v) is 7.64. The summed E-state index contributed by atoms with van der Waals surface area (Å²) in [5.74, 6) is -1.14. The maximum atomic E-state index is 12.7. The largest absolute Gasteiger partial charge is 0.480 e. The molecule has 214 valence electrons. The van der Waals surface area contributed by atoms with Crippen molar-refractivity contribution < 1.29 is 29.0 Å². The van der Waals surface area contributed by atoms with Gasteiger partial charge in [-0.05, 0) is 58.9 Å². The van der Waals surface area contributed by atoms with E-state index < -0.39 is 18.1 Å². The second kappa shape index (κ2) is 13.0. The quantitative estimate of drug-likeness (QED) is 0.270. The van der Waals surface area contributed by atoms with Gasteiger partial charge in [0.1, 0.15) is 12.6 Å². The molecule has 0 saturated carbocycles. The van der Waals surface area contributed by atoms with Crippen molar-refractivity contribution in [3.05, 3.63) is 89.0 Å². The summed E-state index contributed by atoms with van der Waals surface area (Å²) in [7, 11) is 0. The molecule has 1 saturated heterocycles. The Morgan fingerprint density at radius 1 is 1.00 bits per heavy atom. The summed E-state index contributed by atoms with van der Waals surface area (Å²) < 4.78 is 10.8. The van der Waals surface area contributed by atoms with E-state index in [0.717, 1.165) is 47.5 Å². The van der Waals surface area contributed by atoms with Gasteiger partial charge in [0.15, 0.2) is 0 Å². The first-order valence-electron chi connectivity index (χ1n) is 14.0. The van der Waals surface area contributed by atoms with Crippen LogP contribution in [0.5, 0.6) is 0 Å². The number of carbonyl (C=O) groups excluding carboxylic acids is 2. The zero-order chi connectivity index (χ0) is 28.8. The molecule has 0 aromatic heterocycles. The first kappa shape index (κ1) is 28.3. The van der Waals surface area contributed by atoms with Crippen LogP contribution in [0.25, 0.3) is 11.1 Å². The van der Waals surface area contributed by atoms with E-state index in [4.69, 9.17) is 9.47 Å². The first-order chi connectivity index (χ1) is 19.9. The van der Waals surface area contributed by atoms with Gasteiger partial charge in [-0.3, -0.25) is 9.69 Å². The van der Waals surface area contributed by atoms with Crippen LogP contribution in [0.4, 0.5) is 10.5 Å². The number of fused-ring (bicyclic) bond motifs is 3. The number of nitrogens with zero attached hydrogens (tertiary/aromatic N) is 2. The number of carboxylic acids is 1. The van der Waals surface area contributed by atoms with Gasteiger partial charge in [-0.15, -0.1) is 0 Å². The van der Waals surface area contributed by atoms with Gasteiger partial charge < -0.3 is 24.8 Å². The van der Waals surface area contributed by atoms with Gasteiger partial charge in [0.2, 0.25) is 5.91 Å². The van der Waals surface area contributed by atoms with E-state index in [2.05, 4.69) is 28.4 Å². The van der Waals surface area contributed by atoms with Gasteiger partial charge in [0.25, 0.3) is 0 Å². The molecule has 5 rings (SSSR count). The number of ether oxygens (including phenoxy) is 2. The minimum Gasteiger partial charge on any atom is -0.480 e. The highest BCUT2D eigenvalue weighted by molar-refractivity contribution is 5.95. The van der Waals surface area contributed by atoms with E-state index in [9.17, 15) is 19.5 Å². The second-order valence-electron chi connectivity index (χ2n) is 10.3. The molecule has 2 amide bonds. The molecule has 9 nitrogen and oxygen atoms in total. The molecule has 41 heavy (non-hydrogen) atoms. The number of aliphatic carboxylic acids is 1. The van der Waals surface area contributed by atoms with E-state index in [-0.39, 0.29) is 18.9 Å². The number of hydrogen-bond acceptors (Lipinski definition) is 6. The van der Waals surface area contributed by atoms with Crippen LogP contribution in [0.2, 0.25) is 0 Å². The summed E-state index contributed by atoms with van der Waals surface area (Å²) in [5, 5.41) is 12.2. The topological polar surface area (TPSA) is 108 Å². The minimum absolute atomic E-state index is 0.0151. The van der Waals surface area contributed by atoms with Crippen LogP contribution in [0.1, 0.15) is 29.2 Å². The van der Waals surface area contributed by atoms with E-state index in [1.807, 2.05) is 43.3 Å². The lowest BCUT2D eigenvalue weighted by Gasteiger charge is -2.34. The molecule has 2 N–H and O–H groups in total. The Labute approximate surface area is 239 Å². The maximum absolute atomic E-state index is 12.7. The summed E-state index contributed by atoms with van der Waals surface area (Å²) in [5.41, 5.74) is 7.08. The highest BCUT2D eigenvalue weighted by Crippen LogP contribution is 2.38. The Balaban J connectivity index is 1.14. The highest BCUT2D eigenvalue weighted by atomic mass is 16.5. The Bertz CT molecular complexity index is 1410. The molecule has 2 aliphatic rings. The molecule has 1 aliphatic heterocycles. The molecule has 3 aromatic carbocycles. The average molecular weight is 558 g/mol. The summed E-state index contributed by atoms with van der Waals surface area (Å²) in [6, 6.07) is 20.2. The second-order valence-corrected chi connectivity index (χ2v) is 10.3. The summed E-state index contributed by atoms with van der Waals surface area (Å²) in [6.07, 6.45) is 0.0742. The van der Waals surface area contributed by atoms with Crippen molar-refractivity contribution in [2.45, 2.75) is 32.4 Å². The normalized spacial score (nSPS) is 15.2. The Kier molecular flexibility index (Phi) is 8.96. The fourth-order valence-electron chi connectivity index (χ4n) is 5.46. The standard InChI is InChI=1S/C32H35N3O6/c1-2-40-17-16-34-14-15-35(30(36)20-34)25-12-10-22(11-13-25)18-29(31(37)38)33-32(39)41-21-24-7-5-9-27-26-8-4-3-6-23(26)19-28(24)27/h3-13,29H,2,14-21H2,1H3,(H,33,39)(H,37,38)/t29-/m0/s1. The van der Waals surface area contributed by atoms with Gasteiger partial charge in [-0.2, -0.15) is 0 Å². The number of alkyl carbamates (subject to hydrolysis) is 1. The number of anilines is 1. The van der Waals surface area contributed by atoms with Crippen molar-refractivity contribution in [2.24, 2.45) is 0 Å². The number of amides is 2. The van der Waals surface area contributed by atoms with E-state index >= 15 is 0 Å². The van der Waals surface area contributed by atoms with Crippen LogP contribution in [0.15, 0.2) is 66.7 Å². The van der Waals surface area contributed by atoms with E-state index in [0.29, 0.717) is 26.3 Å². The third-order valence-electron chi connectivity index (χ3n) is 7.64. The molecule has 3 aromatic rings. The van der Waals surface area contributed by atoms with Gasteiger partial charge in [-0.1, -0.05) is 54.6 Å². The number of carbonyl (C=O) groups is 3. The number of carboxylic acid groups (broad SMARTS) is 1. The Morgan fingerprint density at radius 2 is 1.78 bits per heavy atom. The van der Waals surface area contributed by atoms with Gasteiger partial charge in [0, 0.05) is 38.3 Å². The Morgan fingerprint density at radius 3 is 2.54 bits per heavy atom. The average Bonchev–Trinajstić information content (AvgIpc) is 3.36. The maximum Gasteiger partial charge on any atom is 0.408 e.